The van der Waals surface area contributed by atoms with Gasteiger partial charge >= 0.3 is 51.8 Å². The van der Waals surface area contributed by atoms with Gasteiger partial charge in [0.05, 0.1) is 117 Å². The molecule has 0 aliphatic carbocycles. The number of aromatic nitrogens is 14. The Labute approximate surface area is 819 Å². The SMILES string of the molecule is CC[C@H]1O[C@@H](n2cnc3c2NCN=C3N)CC1OP(O)(=S)OC[C@H]1O[C@@H](n2cc(C)c(=O)[nH]c2=O)CC1OP(=O)(S)OC[C@H]1O[C@@H](n2cnc3c2NCN=C3N)[C@@H](OCCOC)C1OP(=O)(O)OC[C@H]1O[C@@H](n2cc(C)c(N)nc2=O)[C@@H](OCCOC)C1OP(O)(=S)OC[C@H]1O[C@@H](n2cnc3c(=O)[nH]c(N)nc32)[C@@H](OCCOC)C1OP(O)(=S)OC[C@H]1O[C@@H](n2cc(C)c(N)nc2=O)[C@@H](OCCOC)C1O. The summed E-state index contributed by atoms with van der Waals surface area (Å²) in [4.78, 5) is 155. The fourth-order valence-electron chi connectivity index (χ4n) is 16.6. The Morgan fingerprint density at radius 3 is 1.41 bits per heavy atom. The molecule has 27 atom stereocenters. The van der Waals surface area contributed by atoms with Crippen LogP contribution in [0.2, 0.25) is 0 Å². The summed E-state index contributed by atoms with van der Waals surface area (Å²) in [5, 5.41) is 18.0. The number of nitrogen functional groups attached to an aromatic ring is 3. The first-order valence-corrected chi connectivity index (χ1v) is 55.3. The van der Waals surface area contributed by atoms with Gasteiger partial charge in [-0.1, -0.05) is 19.2 Å². The topological polar surface area (TPSA) is 760 Å². The van der Waals surface area contributed by atoms with Gasteiger partial charge in [-0.3, -0.25) is 74.1 Å². The maximum Gasteiger partial charge on any atom is 0.472 e. The number of H-pyrrole nitrogens is 2. The molecule has 8 aliphatic heterocycles. The molecule has 0 amide bonds. The summed E-state index contributed by atoms with van der Waals surface area (Å²) < 4.78 is 185. The fourth-order valence-corrected chi connectivity index (χ4v) is 23.4. The summed E-state index contributed by atoms with van der Waals surface area (Å²) in [7, 11) is -0.321. The number of nitrogens with zero attached hydrogens (tertiary/aromatic N) is 14. The zero-order valence-corrected chi connectivity index (χ0v) is 84.2. The largest absolute Gasteiger partial charge is 0.472 e. The second kappa shape index (κ2) is 46.0. The number of imidazole rings is 3. The number of aromatic amines is 2. The lowest BCUT2D eigenvalue weighted by atomic mass is 10.1. The summed E-state index contributed by atoms with van der Waals surface area (Å²) in [6, 6.07) is 0. The number of nitrogens with one attached hydrogen (secondary N) is 4. The first-order valence-electron chi connectivity index (χ1n) is 43.4. The Morgan fingerprint density at radius 1 is 0.461 bits per heavy atom. The third-order valence-electron chi connectivity index (χ3n) is 23.4. The molecule has 68 heteroatoms. The molecule has 0 spiro atoms. The molecule has 7 aromatic heterocycles. The van der Waals surface area contributed by atoms with E-state index in [1.54, 1.807) is 11.5 Å². The molecule has 6 fully saturated rings. The van der Waals surface area contributed by atoms with E-state index in [1.165, 1.54) is 82.7 Å². The number of phosphoric acid groups is 1. The molecule has 6 saturated heterocycles. The number of thiol groups is 1. The quantitative estimate of drug-likeness (QED) is 0.0120. The van der Waals surface area contributed by atoms with E-state index in [9.17, 15) is 48.7 Å². The molecule has 0 radical (unpaired) electrons. The summed E-state index contributed by atoms with van der Waals surface area (Å²) >= 11 is 21.6. The number of amidine groups is 2. The number of aliphatic imine (C=N–C) groups is 2. The Kier molecular flexibility index (Phi) is 35.2. The zero-order chi connectivity index (χ0) is 101. The fraction of sp³-hybridized carbons (Fsp3) is 0.658. The molecule has 0 aromatic carbocycles. The highest BCUT2D eigenvalue weighted by Crippen LogP contribution is 2.60. The third-order valence-corrected chi connectivity index (χ3v) is 30.7. The summed E-state index contributed by atoms with van der Waals surface area (Å²) in [6.45, 7) is -18.4. The van der Waals surface area contributed by atoms with Gasteiger partial charge < -0.3 is 148 Å². The third kappa shape index (κ3) is 25.1. The second-order valence-corrected chi connectivity index (χ2v) is 45.4. The van der Waals surface area contributed by atoms with Crippen LogP contribution in [0.1, 0.15) is 91.6 Å². The van der Waals surface area contributed by atoms with Crippen LogP contribution in [0, 0.1) is 20.8 Å². The molecular weight excluding hydrogens is 2060 g/mol. The van der Waals surface area contributed by atoms with E-state index in [0.717, 1.165) is 20.0 Å². The first kappa shape index (κ1) is 108. The number of aliphatic hydroxyl groups is 1. The molecule has 19 N–H and O–H groups in total. The highest BCUT2D eigenvalue weighted by molar-refractivity contribution is 8.44. The van der Waals surface area contributed by atoms with Crippen LogP contribution in [0.15, 0.2) is 71.5 Å². The van der Waals surface area contributed by atoms with E-state index in [0.29, 0.717) is 23.5 Å². The molecule has 15 rings (SSSR count). The van der Waals surface area contributed by atoms with E-state index in [2.05, 4.69) is 72.7 Å². The van der Waals surface area contributed by atoms with Crippen molar-refractivity contribution in [1.29, 1.82) is 0 Å². The van der Waals surface area contributed by atoms with E-state index in [1.807, 2.05) is 6.92 Å². The Bertz CT molecular complexity index is 6260. The minimum absolute atomic E-state index is 0.00252. The van der Waals surface area contributed by atoms with Crippen LogP contribution >= 0.6 is 47.0 Å². The molecule has 0 bridgehead atoms. The van der Waals surface area contributed by atoms with Crippen LogP contribution < -0.4 is 67.5 Å². The molecule has 7 aromatic rings. The Balaban J connectivity index is 0.703. The number of aryl methyl sites for hydroxylation is 3. The van der Waals surface area contributed by atoms with E-state index < -0.39 is 231 Å². The average molecular weight is 2170 g/mol. The van der Waals surface area contributed by atoms with Gasteiger partial charge in [0.2, 0.25) is 5.95 Å². The van der Waals surface area contributed by atoms with Gasteiger partial charge in [0, 0.05) is 76.6 Å². The van der Waals surface area contributed by atoms with Gasteiger partial charge in [0.15, 0.2) is 36.1 Å². The molecule has 141 heavy (non-hydrogen) atoms. The number of methoxy groups -OCH3 is 4. The molecule has 8 aliphatic rings. The number of hydrogen-bond donors (Lipinski definition) is 15. The molecule has 11 unspecified atom stereocenters. The Morgan fingerprint density at radius 2 is 0.879 bits per heavy atom. The summed E-state index contributed by atoms with van der Waals surface area (Å²) in [6.07, 6.45) is -24.4. The molecule has 15 heterocycles. The van der Waals surface area contributed by atoms with Gasteiger partial charge in [-0.25, -0.2) is 48.5 Å². The molecule has 59 nitrogen and oxygen atoms in total. The Hall–Kier alpha value is -7.25. The van der Waals surface area contributed by atoms with Crippen molar-refractivity contribution in [3.8, 4) is 0 Å². The number of rotatable bonds is 48. The lowest BCUT2D eigenvalue weighted by molar-refractivity contribution is -0.0839. The van der Waals surface area contributed by atoms with Gasteiger partial charge in [-0.05, 0) is 62.6 Å². The smallest absolute Gasteiger partial charge is 0.387 e. The average Bonchev–Trinajstić information content (AvgIpc) is 1.59. The number of phosphoric ester groups is 1. The van der Waals surface area contributed by atoms with Crippen LogP contribution in [0.25, 0.3) is 11.2 Å². The van der Waals surface area contributed by atoms with Crippen molar-refractivity contribution in [2.24, 2.45) is 21.5 Å². The second-order valence-electron chi connectivity index (χ2n) is 32.7. The van der Waals surface area contributed by atoms with Crippen molar-refractivity contribution in [3.05, 3.63) is 118 Å². The number of nitrogens with two attached hydrogens (primary N) is 5. The molecular formula is C73H108N23O36P5S4. The normalized spacial score (nSPS) is 29.9. The summed E-state index contributed by atoms with van der Waals surface area (Å²) in [5.41, 5.74) is 27.1. The monoisotopic (exact) mass is 2170 g/mol. The van der Waals surface area contributed by atoms with Gasteiger partial charge in [0.1, 0.15) is 158 Å². The lowest BCUT2D eigenvalue weighted by Gasteiger charge is -2.30. The lowest BCUT2D eigenvalue weighted by Crippen LogP contribution is -2.41. The van der Waals surface area contributed by atoms with Crippen molar-refractivity contribution in [2.75, 3.05) is 156 Å². The van der Waals surface area contributed by atoms with E-state index in [4.69, 9.17) is 176 Å². The predicted molar refractivity (Wildman–Crippen MR) is 502 cm³/mol. The van der Waals surface area contributed by atoms with Crippen LogP contribution in [-0.2, 0) is 156 Å². The minimum Gasteiger partial charge on any atom is -0.387 e. The number of hydrogen-bond acceptors (Lipinski definition) is 50. The first-order chi connectivity index (χ1) is 67.1. The number of ether oxygens (including phenoxy) is 14. The van der Waals surface area contributed by atoms with Crippen molar-refractivity contribution in [3.63, 3.8) is 0 Å². The van der Waals surface area contributed by atoms with Crippen LogP contribution in [0.3, 0.4) is 0 Å². The molecule has 780 valence electrons. The number of aliphatic hydroxyl groups excluding tert-OH is 1. The molecule has 0 saturated carbocycles. The number of anilines is 5. The highest BCUT2D eigenvalue weighted by Gasteiger charge is 2.58. The van der Waals surface area contributed by atoms with Gasteiger partial charge in [-0.15, -0.1) is 0 Å². The van der Waals surface area contributed by atoms with Gasteiger partial charge in [-0.2, -0.15) is 15.0 Å². The van der Waals surface area contributed by atoms with Crippen LogP contribution in [0.4, 0.5) is 29.2 Å². The number of fused-ring (bicyclic) bond motifs is 3. The predicted octanol–water partition coefficient (Wildman–Crippen LogP) is -1.31. The highest BCUT2D eigenvalue weighted by atomic mass is 32.7. The van der Waals surface area contributed by atoms with Gasteiger partial charge in [0.25, 0.3) is 11.1 Å². The van der Waals surface area contributed by atoms with E-state index >= 15 is 9.13 Å². The zero-order valence-electron chi connectivity index (χ0n) is 76.3. The summed E-state index contributed by atoms with van der Waals surface area (Å²) in [5.74, 6) is 0.331. The van der Waals surface area contributed by atoms with Crippen molar-refractivity contribution in [1.82, 2.24) is 67.3 Å². The van der Waals surface area contributed by atoms with Crippen LogP contribution in [0.5, 0.6) is 0 Å². The maximum atomic E-state index is 15.4. The maximum absolute atomic E-state index is 15.4. The standard InChI is InChI=1S/C73H108N23O36P5S4/c1-9-36-37(18-45(122-36)94-30-83-46-59(76)79-28-81-61(46)94)128-134(105,138)118-23-39-38(19-44(123-39)91-22-35(4)64(98)90-73(91)102)129-135(106,139)120-26-42-50(54(114-15-11-110-6)68(126-42)95-31-84-47-60(77)80-29-82-62(47)95)130-133(103,104)117-25-41-51(55(115-16-12-111-7)67(125-41)93-21-34(3)58(75)87-72(93)101)131-137(108,141)121-27-43-52(56(116-17-13-112-8)69(127-43)96-32-85-48-63(96)88-70(78)89-65(48)99)132-136(107,140)119-24-40-49(97)53(113-14-10-109-5)66(124-40)92-20-33(2)57(74)86-71(92)100/h20-22,30-32,36-45,49-56,66-69,81-82,97H,9-19,23-29H2,1-8H3,(H2,76,79)(H2,77,80)(H,103,104)(H,105,138)(H,106,139)(H,107,140)(H,108,141)(H2,74,86,100)(H2,75,87,101)(H,90,98,102)(H3,78,88,89,99)/t36-,37?,38?,39-,40-,41-,42-,43-,44-,45-,49?,50?,51?,52?,53+,54+,55+,56+,66-,67-,68-,69-,134?,135?,136?,137?/m1/s1. The van der Waals surface area contributed by atoms with Crippen molar-refractivity contribution in [2.45, 2.75) is 182 Å². The van der Waals surface area contributed by atoms with Crippen molar-refractivity contribution >= 4 is 135 Å². The minimum atomic E-state index is -5.80. The van der Waals surface area contributed by atoms with Crippen LogP contribution in [-0.4, -0.2) is 329 Å². The van der Waals surface area contributed by atoms with Crippen molar-refractivity contribution < 1.29 is 145 Å². The van der Waals surface area contributed by atoms with E-state index in [-0.39, 0.29) is 142 Å².